The lowest BCUT2D eigenvalue weighted by Gasteiger charge is -2.37. The second-order valence-corrected chi connectivity index (χ2v) is 6.02. The summed E-state index contributed by atoms with van der Waals surface area (Å²) in [5, 5.41) is 11.5. The molecule has 0 aromatic carbocycles. The number of amides is 1. The van der Waals surface area contributed by atoms with Gasteiger partial charge >= 0.3 is 5.97 Å². The number of aliphatic carboxylic acids is 1. The highest BCUT2D eigenvalue weighted by Crippen LogP contribution is 2.26. The van der Waals surface area contributed by atoms with Crippen LogP contribution in [0.5, 0.6) is 0 Å². The van der Waals surface area contributed by atoms with Gasteiger partial charge in [-0.3, -0.25) is 9.59 Å². The van der Waals surface area contributed by atoms with Crippen LogP contribution in [0.3, 0.4) is 0 Å². The summed E-state index contributed by atoms with van der Waals surface area (Å²) in [6.45, 7) is 8.25. The molecule has 0 aromatic rings. The second-order valence-electron chi connectivity index (χ2n) is 6.02. The Morgan fingerprint density at radius 3 is 2.68 bits per heavy atom. The van der Waals surface area contributed by atoms with E-state index in [1.165, 1.54) is 0 Å². The predicted octanol–water partition coefficient (Wildman–Crippen LogP) is 1.34. The van der Waals surface area contributed by atoms with Crippen molar-refractivity contribution in [3.05, 3.63) is 0 Å². The van der Waals surface area contributed by atoms with E-state index >= 15 is 0 Å². The molecular weight excluding hydrogens is 244 g/mol. The van der Waals surface area contributed by atoms with E-state index in [2.05, 4.69) is 5.32 Å². The molecule has 0 saturated carbocycles. The highest BCUT2D eigenvalue weighted by molar-refractivity contribution is 5.82. The number of hydrogen-bond acceptors (Lipinski definition) is 3. The first-order chi connectivity index (χ1) is 8.86. The van der Waals surface area contributed by atoms with Crippen molar-refractivity contribution in [2.24, 2.45) is 11.3 Å². The number of carboxylic acids is 1. The van der Waals surface area contributed by atoms with Gasteiger partial charge in [0.05, 0.1) is 6.54 Å². The van der Waals surface area contributed by atoms with E-state index in [9.17, 15) is 9.59 Å². The molecule has 0 aromatic heterocycles. The summed E-state index contributed by atoms with van der Waals surface area (Å²) in [4.78, 5) is 24.8. The summed E-state index contributed by atoms with van der Waals surface area (Å²) >= 11 is 0. The summed E-state index contributed by atoms with van der Waals surface area (Å²) in [6, 6.07) is 0. The Morgan fingerprint density at radius 1 is 1.42 bits per heavy atom. The first-order valence-electron chi connectivity index (χ1n) is 7.08. The van der Waals surface area contributed by atoms with Crippen LogP contribution >= 0.6 is 0 Å². The van der Waals surface area contributed by atoms with E-state index in [1.54, 1.807) is 0 Å². The maximum absolute atomic E-state index is 12.4. The Hall–Kier alpha value is -1.10. The Bertz CT molecular complexity index is 329. The second kappa shape index (κ2) is 6.89. The van der Waals surface area contributed by atoms with Crippen LogP contribution in [0.25, 0.3) is 0 Å². The number of piperidine rings is 1. The van der Waals surface area contributed by atoms with Crippen LogP contribution < -0.4 is 5.32 Å². The lowest BCUT2D eigenvalue weighted by atomic mass is 9.87. The van der Waals surface area contributed by atoms with Crippen LogP contribution in [0.1, 0.15) is 40.0 Å². The number of likely N-dealkylation sites (tertiary alicyclic amines) is 1. The number of nitrogens with zero attached hydrogens (tertiary/aromatic N) is 1. The van der Waals surface area contributed by atoms with Crippen molar-refractivity contribution in [2.75, 3.05) is 26.2 Å². The fourth-order valence-corrected chi connectivity index (χ4v) is 2.38. The van der Waals surface area contributed by atoms with Crippen molar-refractivity contribution in [2.45, 2.75) is 40.0 Å². The Morgan fingerprint density at radius 2 is 2.11 bits per heavy atom. The highest BCUT2D eigenvalue weighted by Gasteiger charge is 2.32. The molecule has 1 rings (SSSR count). The molecule has 1 aliphatic rings. The van der Waals surface area contributed by atoms with Gasteiger partial charge in [-0.1, -0.05) is 20.8 Å². The van der Waals surface area contributed by atoms with Crippen LogP contribution in [0.15, 0.2) is 0 Å². The Kier molecular flexibility index (Phi) is 5.79. The van der Waals surface area contributed by atoms with Crippen molar-refractivity contribution < 1.29 is 14.7 Å². The van der Waals surface area contributed by atoms with Gasteiger partial charge in [0, 0.05) is 25.0 Å². The maximum Gasteiger partial charge on any atom is 0.317 e. The minimum Gasteiger partial charge on any atom is -0.480 e. The molecule has 0 bridgehead atoms. The number of hydrogen-bond donors (Lipinski definition) is 2. The third kappa shape index (κ3) is 4.82. The molecule has 1 atom stereocenters. The molecular formula is C14H26N2O3. The molecule has 0 spiro atoms. The molecule has 0 radical (unpaired) electrons. The van der Waals surface area contributed by atoms with Crippen LogP contribution in [-0.2, 0) is 9.59 Å². The van der Waals surface area contributed by atoms with Gasteiger partial charge in [-0.25, -0.2) is 0 Å². The zero-order valence-electron chi connectivity index (χ0n) is 12.2. The van der Waals surface area contributed by atoms with Gasteiger partial charge in [-0.05, 0) is 25.2 Å². The van der Waals surface area contributed by atoms with Gasteiger partial charge in [-0.2, -0.15) is 0 Å². The standard InChI is InChI=1S/C14H26N2O3/c1-4-14(2,3)13(19)16-7-5-6-11(10-16)8-15-9-12(17)18/h11,15H,4-10H2,1-3H3,(H,17,18). The van der Waals surface area contributed by atoms with Crippen LogP contribution in [-0.4, -0.2) is 48.1 Å². The van der Waals surface area contributed by atoms with E-state index in [-0.39, 0.29) is 17.9 Å². The van der Waals surface area contributed by atoms with Crippen LogP contribution in [0.2, 0.25) is 0 Å². The molecule has 1 fully saturated rings. The van der Waals surface area contributed by atoms with Crippen LogP contribution in [0, 0.1) is 11.3 Å². The zero-order valence-corrected chi connectivity index (χ0v) is 12.2. The maximum atomic E-state index is 12.4. The molecule has 110 valence electrons. The summed E-state index contributed by atoms with van der Waals surface area (Å²) < 4.78 is 0. The van der Waals surface area contributed by atoms with E-state index in [0.29, 0.717) is 12.5 Å². The summed E-state index contributed by atoms with van der Waals surface area (Å²) in [5.74, 6) is -0.251. The molecule has 1 unspecified atom stereocenters. The molecule has 1 heterocycles. The largest absolute Gasteiger partial charge is 0.480 e. The Balaban J connectivity index is 2.46. The summed E-state index contributed by atoms with van der Waals surface area (Å²) in [7, 11) is 0. The van der Waals surface area contributed by atoms with Gasteiger partial charge < -0.3 is 15.3 Å². The topological polar surface area (TPSA) is 69.6 Å². The average Bonchev–Trinajstić information content (AvgIpc) is 2.37. The lowest BCUT2D eigenvalue weighted by molar-refractivity contribution is -0.142. The third-order valence-electron chi connectivity index (χ3n) is 3.98. The van der Waals surface area contributed by atoms with Gasteiger partial charge in [0.2, 0.25) is 5.91 Å². The summed E-state index contributed by atoms with van der Waals surface area (Å²) in [5.41, 5.74) is -0.295. The molecule has 0 aliphatic carbocycles. The van der Waals surface area contributed by atoms with E-state index in [1.807, 2.05) is 25.7 Å². The minimum atomic E-state index is -0.837. The van der Waals surface area contributed by atoms with Crippen LogP contribution in [0.4, 0.5) is 0 Å². The number of rotatable bonds is 6. The number of nitrogens with one attached hydrogen (secondary N) is 1. The third-order valence-corrected chi connectivity index (χ3v) is 3.98. The lowest BCUT2D eigenvalue weighted by Crippen LogP contribution is -2.47. The number of carbonyl (C=O) groups excluding carboxylic acids is 1. The molecule has 1 aliphatic heterocycles. The van der Waals surface area contributed by atoms with E-state index < -0.39 is 5.97 Å². The van der Waals surface area contributed by atoms with Crippen molar-refractivity contribution >= 4 is 11.9 Å². The monoisotopic (exact) mass is 270 g/mol. The molecule has 5 nitrogen and oxygen atoms in total. The first-order valence-corrected chi connectivity index (χ1v) is 7.08. The van der Waals surface area contributed by atoms with Crippen molar-refractivity contribution in [3.63, 3.8) is 0 Å². The average molecular weight is 270 g/mol. The van der Waals surface area contributed by atoms with Crippen molar-refractivity contribution in [1.29, 1.82) is 0 Å². The smallest absolute Gasteiger partial charge is 0.317 e. The van der Waals surface area contributed by atoms with Crippen molar-refractivity contribution in [1.82, 2.24) is 10.2 Å². The zero-order chi connectivity index (χ0) is 14.5. The Labute approximate surface area is 115 Å². The highest BCUT2D eigenvalue weighted by atomic mass is 16.4. The minimum absolute atomic E-state index is 0.00903. The fourth-order valence-electron chi connectivity index (χ4n) is 2.38. The quantitative estimate of drug-likeness (QED) is 0.764. The fraction of sp³-hybridized carbons (Fsp3) is 0.857. The number of carboxylic acid groups (broad SMARTS) is 1. The van der Waals surface area contributed by atoms with Gasteiger partial charge in [0.25, 0.3) is 0 Å². The molecule has 19 heavy (non-hydrogen) atoms. The first kappa shape index (κ1) is 16.0. The predicted molar refractivity (Wildman–Crippen MR) is 73.9 cm³/mol. The molecule has 1 amide bonds. The molecule has 1 saturated heterocycles. The molecule has 5 heteroatoms. The van der Waals surface area contributed by atoms with E-state index in [0.717, 1.165) is 32.4 Å². The normalized spacial score (nSPS) is 20.4. The van der Waals surface area contributed by atoms with Gasteiger partial charge in [0.15, 0.2) is 0 Å². The van der Waals surface area contributed by atoms with Gasteiger partial charge in [0.1, 0.15) is 0 Å². The van der Waals surface area contributed by atoms with Crippen molar-refractivity contribution in [3.8, 4) is 0 Å². The van der Waals surface area contributed by atoms with E-state index in [4.69, 9.17) is 5.11 Å². The number of carbonyl (C=O) groups is 2. The van der Waals surface area contributed by atoms with Gasteiger partial charge in [-0.15, -0.1) is 0 Å². The molecule has 2 N–H and O–H groups in total. The summed E-state index contributed by atoms with van der Waals surface area (Å²) in [6.07, 6.45) is 2.90. The SMILES string of the molecule is CCC(C)(C)C(=O)N1CCCC(CNCC(=O)O)C1.